The highest BCUT2D eigenvalue weighted by Crippen LogP contribution is 2.40. The topological polar surface area (TPSA) is 3.24 Å². The summed E-state index contributed by atoms with van der Waals surface area (Å²) in [5, 5.41) is 0.167. The Morgan fingerprint density at radius 1 is 1.25 bits per heavy atom. The van der Waals surface area contributed by atoms with Crippen molar-refractivity contribution >= 4 is 19.2 Å². The first-order valence-electron chi connectivity index (χ1n) is 4.25. The summed E-state index contributed by atoms with van der Waals surface area (Å²) in [6.07, 6.45) is 0. The molecule has 0 N–H and O–H groups in total. The van der Waals surface area contributed by atoms with Gasteiger partial charge in [0.2, 0.25) is 0 Å². The van der Waals surface area contributed by atoms with Crippen LogP contribution in [-0.4, -0.2) is 23.3 Å². The van der Waals surface area contributed by atoms with Crippen molar-refractivity contribution in [3.63, 3.8) is 0 Å². The molecule has 0 amide bonds. The van der Waals surface area contributed by atoms with Gasteiger partial charge in [-0.05, 0) is 35.6 Å². The van der Waals surface area contributed by atoms with Crippen LogP contribution < -0.4 is 0 Å². The van der Waals surface area contributed by atoms with E-state index in [1.165, 1.54) is 11.1 Å². The minimum Gasteiger partial charge on any atom is -0.286 e. The Kier molecular flexibility index (Phi) is 3.20. The standard InChI is InChI=1S/C9H17ClNP/c1-7-5-11(6-8(7)2)9(3,4)12-10/h12H,5-6H2,1-4H3. The van der Waals surface area contributed by atoms with E-state index < -0.39 is 0 Å². The quantitative estimate of drug-likeness (QED) is 0.494. The molecule has 70 valence electrons. The van der Waals surface area contributed by atoms with Crippen molar-refractivity contribution in [2.24, 2.45) is 0 Å². The van der Waals surface area contributed by atoms with E-state index >= 15 is 0 Å². The molecule has 1 heterocycles. The van der Waals surface area contributed by atoms with Crippen molar-refractivity contribution in [1.29, 1.82) is 0 Å². The summed E-state index contributed by atoms with van der Waals surface area (Å²) in [7, 11) is 0.469. The maximum absolute atomic E-state index is 5.94. The van der Waals surface area contributed by atoms with E-state index in [-0.39, 0.29) is 5.28 Å². The molecular weight excluding hydrogens is 189 g/mol. The van der Waals surface area contributed by atoms with Gasteiger partial charge in [-0.2, -0.15) is 0 Å². The Morgan fingerprint density at radius 2 is 1.67 bits per heavy atom. The molecule has 1 atom stereocenters. The second-order valence-electron chi connectivity index (χ2n) is 4.07. The molecule has 0 saturated carbocycles. The van der Waals surface area contributed by atoms with Gasteiger partial charge in [-0.1, -0.05) is 22.4 Å². The number of hydrogen-bond acceptors (Lipinski definition) is 1. The van der Waals surface area contributed by atoms with E-state index in [9.17, 15) is 0 Å². The number of halogens is 1. The summed E-state index contributed by atoms with van der Waals surface area (Å²) in [6, 6.07) is 0. The summed E-state index contributed by atoms with van der Waals surface area (Å²) < 4.78 is 0. The summed E-state index contributed by atoms with van der Waals surface area (Å²) in [4.78, 5) is 2.45. The van der Waals surface area contributed by atoms with Crippen LogP contribution in [0, 0.1) is 0 Å². The molecule has 0 bridgehead atoms. The van der Waals surface area contributed by atoms with Crippen molar-refractivity contribution in [3.8, 4) is 0 Å². The van der Waals surface area contributed by atoms with Crippen molar-refractivity contribution in [1.82, 2.24) is 4.90 Å². The second-order valence-corrected chi connectivity index (χ2v) is 6.05. The van der Waals surface area contributed by atoms with Crippen LogP contribution in [0.15, 0.2) is 11.1 Å². The molecule has 0 radical (unpaired) electrons. The van der Waals surface area contributed by atoms with Gasteiger partial charge in [0.15, 0.2) is 0 Å². The van der Waals surface area contributed by atoms with E-state index in [0.717, 1.165) is 13.1 Å². The van der Waals surface area contributed by atoms with Crippen LogP contribution in [0.2, 0.25) is 0 Å². The van der Waals surface area contributed by atoms with Gasteiger partial charge in [-0.3, -0.25) is 4.90 Å². The molecule has 1 aliphatic rings. The number of hydrogen-bond donors (Lipinski definition) is 0. The van der Waals surface area contributed by atoms with Crippen LogP contribution in [0.1, 0.15) is 27.7 Å². The minimum atomic E-state index is 0.167. The lowest BCUT2D eigenvalue weighted by molar-refractivity contribution is 0.248. The van der Waals surface area contributed by atoms with E-state index in [1.807, 2.05) is 0 Å². The molecule has 1 aliphatic heterocycles. The molecule has 0 aliphatic carbocycles. The van der Waals surface area contributed by atoms with E-state index in [2.05, 4.69) is 32.6 Å². The first kappa shape index (κ1) is 10.5. The van der Waals surface area contributed by atoms with Gasteiger partial charge in [-0.15, -0.1) is 0 Å². The Hall–Kier alpha value is 0.420. The molecule has 0 fully saturated rings. The Morgan fingerprint density at radius 3 is 2.00 bits per heavy atom. The third kappa shape index (κ3) is 2.02. The zero-order valence-corrected chi connectivity index (χ0v) is 10.00. The lowest BCUT2D eigenvalue weighted by Crippen LogP contribution is -2.38. The van der Waals surface area contributed by atoms with Crippen LogP contribution in [0.4, 0.5) is 0 Å². The lowest BCUT2D eigenvalue weighted by Gasteiger charge is -2.33. The molecule has 12 heavy (non-hydrogen) atoms. The zero-order chi connectivity index (χ0) is 9.35. The highest BCUT2D eigenvalue weighted by molar-refractivity contribution is 7.69. The third-order valence-electron chi connectivity index (χ3n) is 2.61. The Labute approximate surface area is 81.7 Å². The Bertz CT molecular complexity index is 197. The molecule has 1 rings (SSSR count). The monoisotopic (exact) mass is 205 g/mol. The zero-order valence-electron chi connectivity index (χ0n) is 8.24. The molecule has 0 aromatic rings. The predicted octanol–water partition coefficient (Wildman–Crippen LogP) is 3.21. The summed E-state index contributed by atoms with van der Waals surface area (Å²) in [6.45, 7) is 11.0. The fraction of sp³-hybridized carbons (Fsp3) is 0.778. The highest BCUT2D eigenvalue weighted by atomic mass is 35.7. The smallest absolute Gasteiger partial charge is 0.0471 e. The minimum absolute atomic E-state index is 0.167. The van der Waals surface area contributed by atoms with Crippen LogP contribution in [0.3, 0.4) is 0 Å². The molecule has 0 aromatic carbocycles. The summed E-state index contributed by atoms with van der Waals surface area (Å²) in [5.74, 6) is 0. The largest absolute Gasteiger partial charge is 0.286 e. The van der Waals surface area contributed by atoms with E-state index in [1.54, 1.807) is 0 Å². The van der Waals surface area contributed by atoms with Crippen molar-refractivity contribution in [2.45, 2.75) is 33.0 Å². The highest BCUT2D eigenvalue weighted by Gasteiger charge is 2.29. The fourth-order valence-corrected chi connectivity index (χ4v) is 1.99. The summed E-state index contributed by atoms with van der Waals surface area (Å²) in [5.41, 5.74) is 3.02. The third-order valence-corrected chi connectivity index (χ3v) is 4.77. The van der Waals surface area contributed by atoms with Crippen molar-refractivity contribution in [3.05, 3.63) is 11.1 Å². The maximum Gasteiger partial charge on any atom is 0.0471 e. The van der Waals surface area contributed by atoms with Gasteiger partial charge in [0.05, 0.1) is 0 Å². The van der Waals surface area contributed by atoms with Crippen molar-refractivity contribution in [2.75, 3.05) is 13.1 Å². The average molecular weight is 206 g/mol. The average Bonchev–Trinajstić information content (AvgIpc) is 2.33. The van der Waals surface area contributed by atoms with E-state index in [4.69, 9.17) is 11.2 Å². The van der Waals surface area contributed by atoms with Gasteiger partial charge in [-0.25, -0.2) is 0 Å². The van der Waals surface area contributed by atoms with Crippen LogP contribution >= 0.6 is 19.2 Å². The van der Waals surface area contributed by atoms with Crippen LogP contribution in [0.5, 0.6) is 0 Å². The molecular formula is C9H17ClNP. The molecule has 1 unspecified atom stereocenters. The summed E-state index contributed by atoms with van der Waals surface area (Å²) >= 11 is 5.94. The lowest BCUT2D eigenvalue weighted by atomic mass is 10.2. The van der Waals surface area contributed by atoms with Crippen LogP contribution in [0.25, 0.3) is 0 Å². The molecule has 1 nitrogen and oxygen atoms in total. The van der Waals surface area contributed by atoms with Gasteiger partial charge in [0, 0.05) is 18.4 Å². The Balaban J connectivity index is 2.62. The first-order valence-corrected chi connectivity index (χ1v) is 6.26. The van der Waals surface area contributed by atoms with Gasteiger partial charge in [0.1, 0.15) is 0 Å². The van der Waals surface area contributed by atoms with E-state index in [0.29, 0.717) is 7.93 Å². The SMILES string of the molecule is CC1=C(C)CN(C(C)(C)PCl)C1. The number of nitrogens with zero attached hydrogens (tertiary/aromatic N) is 1. The number of rotatable bonds is 2. The van der Waals surface area contributed by atoms with Gasteiger partial charge >= 0.3 is 0 Å². The first-order chi connectivity index (χ1) is 5.47. The normalized spacial score (nSPS) is 21.8. The molecule has 3 heteroatoms. The molecule has 0 spiro atoms. The predicted molar refractivity (Wildman–Crippen MR) is 58.2 cm³/mol. The maximum atomic E-state index is 5.94. The van der Waals surface area contributed by atoms with Crippen molar-refractivity contribution < 1.29 is 0 Å². The molecule has 0 aromatic heterocycles. The van der Waals surface area contributed by atoms with Gasteiger partial charge in [0.25, 0.3) is 0 Å². The molecule has 0 saturated heterocycles. The fourth-order valence-electron chi connectivity index (χ4n) is 1.35. The second kappa shape index (κ2) is 3.65. The van der Waals surface area contributed by atoms with Gasteiger partial charge < -0.3 is 0 Å². The van der Waals surface area contributed by atoms with Crippen LogP contribution in [-0.2, 0) is 0 Å².